The SMILES string of the molecule is Cc1nn(-c2ccccc2)c(N2CCC(C(=O)NCc3ccco3)CC2)c1-n1c(C)ccc1C. The van der Waals surface area contributed by atoms with Gasteiger partial charge < -0.3 is 19.2 Å². The fraction of sp³-hybridized carbons (Fsp3) is 0.333. The number of benzene rings is 1. The molecule has 0 saturated carbocycles. The number of aryl methyl sites for hydroxylation is 3. The first-order valence-corrected chi connectivity index (χ1v) is 11.9. The molecule has 7 nitrogen and oxygen atoms in total. The number of nitrogens with zero attached hydrogens (tertiary/aromatic N) is 4. The number of carbonyl (C=O) groups is 1. The van der Waals surface area contributed by atoms with Crippen molar-refractivity contribution in [2.45, 2.75) is 40.2 Å². The van der Waals surface area contributed by atoms with E-state index < -0.39 is 0 Å². The lowest BCUT2D eigenvalue weighted by Crippen LogP contribution is -2.41. The van der Waals surface area contributed by atoms with Crippen LogP contribution in [0, 0.1) is 26.7 Å². The smallest absolute Gasteiger partial charge is 0.223 e. The van der Waals surface area contributed by atoms with Crippen molar-refractivity contribution >= 4 is 11.7 Å². The van der Waals surface area contributed by atoms with Crippen LogP contribution in [0.4, 0.5) is 5.82 Å². The molecule has 1 aromatic carbocycles. The summed E-state index contributed by atoms with van der Waals surface area (Å²) in [5.41, 5.74) is 5.50. The van der Waals surface area contributed by atoms with Gasteiger partial charge in [-0.3, -0.25) is 4.79 Å². The minimum atomic E-state index is -0.00101. The number of carbonyl (C=O) groups excluding carboxylic acids is 1. The second kappa shape index (κ2) is 9.25. The summed E-state index contributed by atoms with van der Waals surface area (Å²) in [7, 11) is 0. The number of hydrogen-bond donors (Lipinski definition) is 1. The maximum Gasteiger partial charge on any atom is 0.223 e. The Bertz CT molecular complexity index is 1240. The number of rotatable bonds is 6. The normalized spacial score (nSPS) is 14.5. The van der Waals surface area contributed by atoms with Crippen LogP contribution in [-0.2, 0) is 11.3 Å². The first-order valence-electron chi connectivity index (χ1n) is 11.9. The minimum Gasteiger partial charge on any atom is -0.467 e. The molecule has 0 aliphatic carbocycles. The van der Waals surface area contributed by atoms with Crippen LogP contribution in [0.25, 0.3) is 11.4 Å². The number of para-hydroxylation sites is 1. The summed E-state index contributed by atoms with van der Waals surface area (Å²) in [6.45, 7) is 8.36. The quantitative estimate of drug-likeness (QED) is 0.455. The zero-order chi connectivity index (χ0) is 23.7. The Kier molecular flexibility index (Phi) is 6.01. The first-order chi connectivity index (χ1) is 16.5. The third-order valence-electron chi connectivity index (χ3n) is 6.68. The van der Waals surface area contributed by atoms with E-state index in [1.54, 1.807) is 6.26 Å². The predicted octanol–water partition coefficient (Wildman–Crippen LogP) is 4.71. The maximum absolute atomic E-state index is 12.8. The molecule has 1 N–H and O–H groups in total. The van der Waals surface area contributed by atoms with Crippen molar-refractivity contribution in [3.05, 3.63) is 83.7 Å². The van der Waals surface area contributed by atoms with Gasteiger partial charge in [0.2, 0.25) is 5.91 Å². The van der Waals surface area contributed by atoms with E-state index >= 15 is 0 Å². The fourth-order valence-corrected chi connectivity index (χ4v) is 4.91. The standard InChI is InChI=1S/C27H31N5O2/c1-19-11-12-20(2)31(19)25-21(3)29-32(23-8-5-4-6-9-23)27(25)30-15-13-22(14-16-30)26(33)28-18-24-10-7-17-34-24/h4-12,17,22H,13-16,18H2,1-3H3,(H,28,33). The van der Waals surface area contributed by atoms with Gasteiger partial charge in [0.25, 0.3) is 0 Å². The molecule has 176 valence electrons. The van der Waals surface area contributed by atoms with Gasteiger partial charge in [0.05, 0.1) is 24.2 Å². The Morgan fingerprint density at radius 3 is 2.35 bits per heavy atom. The Morgan fingerprint density at radius 2 is 1.71 bits per heavy atom. The lowest BCUT2D eigenvalue weighted by Gasteiger charge is -2.34. The predicted molar refractivity (Wildman–Crippen MR) is 133 cm³/mol. The van der Waals surface area contributed by atoms with Crippen molar-refractivity contribution < 1.29 is 9.21 Å². The average molecular weight is 458 g/mol. The van der Waals surface area contributed by atoms with Crippen molar-refractivity contribution in [3.63, 3.8) is 0 Å². The van der Waals surface area contributed by atoms with Crippen molar-refractivity contribution in [2.75, 3.05) is 18.0 Å². The fourth-order valence-electron chi connectivity index (χ4n) is 4.91. The van der Waals surface area contributed by atoms with Crippen LogP contribution in [0.3, 0.4) is 0 Å². The van der Waals surface area contributed by atoms with Gasteiger partial charge in [0.15, 0.2) is 5.82 Å². The van der Waals surface area contributed by atoms with Crippen molar-refractivity contribution in [1.29, 1.82) is 0 Å². The Morgan fingerprint density at radius 1 is 1.00 bits per heavy atom. The largest absolute Gasteiger partial charge is 0.467 e. The highest BCUT2D eigenvalue weighted by Gasteiger charge is 2.30. The van der Waals surface area contributed by atoms with E-state index in [1.807, 2.05) is 30.3 Å². The highest BCUT2D eigenvalue weighted by atomic mass is 16.3. The third kappa shape index (κ3) is 4.14. The number of furan rings is 1. The molecule has 7 heteroatoms. The van der Waals surface area contributed by atoms with Gasteiger partial charge in [-0.15, -0.1) is 0 Å². The zero-order valence-corrected chi connectivity index (χ0v) is 20.0. The number of aromatic nitrogens is 3. The van der Waals surface area contributed by atoms with Crippen molar-refractivity contribution in [2.24, 2.45) is 5.92 Å². The second-order valence-electron chi connectivity index (χ2n) is 9.01. The van der Waals surface area contributed by atoms with E-state index in [1.165, 1.54) is 11.4 Å². The molecule has 4 aromatic rings. The summed E-state index contributed by atoms with van der Waals surface area (Å²) in [6, 6.07) is 18.3. The molecule has 4 heterocycles. The zero-order valence-electron chi connectivity index (χ0n) is 20.0. The molecule has 1 amide bonds. The van der Waals surface area contributed by atoms with E-state index in [4.69, 9.17) is 9.52 Å². The van der Waals surface area contributed by atoms with E-state index in [2.05, 4.69) is 64.5 Å². The summed E-state index contributed by atoms with van der Waals surface area (Å²) in [5, 5.41) is 8.00. The molecule has 1 fully saturated rings. The van der Waals surface area contributed by atoms with Crippen LogP contribution in [0.5, 0.6) is 0 Å². The molecule has 0 atom stereocenters. The Labute approximate surface area is 200 Å². The van der Waals surface area contributed by atoms with Gasteiger partial charge in [0, 0.05) is 30.4 Å². The van der Waals surface area contributed by atoms with Gasteiger partial charge in [0.1, 0.15) is 11.4 Å². The Balaban J connectivity index is 1.42. The van der Waals surface area contributed by atoms with Gasteiger partial charge >= 0.3 is 0 Å². The molecule has 34 heavy (non-hydrogen) atoms. The highest BCUT2D eigenvalue weighted by Crippen LogP contribution is 2.35. The molecule has 3 aromatic heterocycles. The number of amides is 1. The summed E-state index contributed by atoms with van der Waals surface area (Å²) < 4.78 is 9.68. The molecule has 0 unspecified atom stereocenters. The molecule has 1 saturated heterocycles. The lowest BCUT2D eigenvalue weighted by molar-refractivity contribution is -0.125. The average Bonchev–Trinajstić information content (AvgIpc) is 3.58. The topological polar surface area (TPSA) is 68.2 Å². The maximum atomic E-state index is 12.8. The summed E-state index contributed by atoms with van der Waals surface area (Å²) in [5.74, 6) is 1.95. The molecular formula is C27H31N5O2. The third-order valence-corrected chi connectivity index (χ3v) is 6.68. The molecule has 0 bridgehead atoms. The second-order valence-corrected chi connectivity index (χ2v) is 9.01. The van der Waals surface area contributed by atoms with Crippen LogP contribution in [0.2, 0.25) is 0 Å². The van der Waals surface area contributed by atoms with Gasteiger partial charge in [-0.1, -0.05) is 18.2 Å². The minimum absolute atomic E-state index is 0.00101. The molecule has 1 aliphatic rings. The molecular weight excluding hydrogens is 426 g/mol. The number of piperidine rings is 1. The van der Waals surface area contributed by atoms with Gasteiger partial charge in [-0.05, 0) is 70.0 Å². The summed E-state index contributed by atoms with van der Waals surface area (Å²) in [6.07, 6.45) is 3.22. The van der Waals surface area contributed by atoms with Crippen LogP contribution < -0.4 is 10.2 Å². The summed E-state index contributed by atoms with van der Waals surface area (Å²) >= 11 is 0. The Hall–Kier alpha value is -3.74. The number of hydrogen-bond acceptors (Lipinski definition) is 4. The summed E-state index contributed by atoms with van der Waals surface area (Å²) in [4.78, 5) is 15.2. The van der Waals surface area contributed by atoms with E-state index in [9.17, 15) is 4.79 Å². The highest BCUT2D eigenvalue weighted by molar-refractivity contribution is 5.79. The van der Waals surface area contributed by atoms with E-state index in [-0.39, 0.29) is 11.8 Å². The lowest BCUT2D eigenvalue weighted by atomic mass is 9.95. The number of nitrogens with one attached hydrogen (secondary N) is 1. The van der Waals surface area contributed by atoms with Crippen LogP contribution in [0.1, 0.15) is 35.7 Å². The van der Waals surface area contributed by atoms with Crippen molar-refractivity contribution in [1.82, 2.24) is 19.7 Å². The molecule has 0 radical (unpaired) electrons. The van der Waals surface area contributed by atoms with E-state index in [0.29, 0.717) is 6.54 Å². The molecule has 1 aliphatic heterocycles. The monoisotopic (exact) mass is 457 g/mol. The number of anilines is 1. The van der Waals surface area contributed by atoms with Crippen LogP contribution in [0.15, 0.2) is 65.3 Å². The van der Waals surface area contributed by atoms with Crippen LogP contribution >= 0.6 is 0 Å². The van der Waals surface area contributed by atoms with Gasteiger partial charge in [-0.25, -0.2) is 4.68 Å². The van der Waals surface area contributed by atoms with Gasteiger partial charge in [-0.2, -0.15) is 5.10 Å². The first kappa shape index (κ1) is 22.1. The molecule has 5 rings (SSSR count). The van der Waals surface area contributed by atoms with Crippen LogP contribution in [-0.4, -0.2) is 33.3 Å². The van der Waals surface area contributed by atoms with Crippen molar-refractivity contribution in [3.8, 4) is 11.4 Å². The molecule has 0 spiro atoms. The van der Waals surface area contributed by atoms with E-state index in [0.717, 1.165) is 54.6 Å².